The summed E-state index contributed by atoms with van der Waals surface area (Å²) in [4.78, 5) is 25.8. The van der Waals surface area contributed by atoms with Crippen LogP contribution in [0.3, 0.4) is 0 Å². The first kappa shape index (κ1) is 71.7. The number of hydrogen-bond donors (Lipinski definition) is 0. The first-order chi connectivity index (χ1) is 41.3. The standard InChI is InChI=1S/C73H113N2O8Si/c1-4-7-10-13-16-19-22-25-28-31-34-37-40-43-60-80-66-52-46-63(47-53-66)69-58-59-70(74(76)77)71(72(69)75(78)79)73(83-84,64-48-54-67(55-49-64)81-61-44-41-38-35-32-29-26-23-20-17-14-11-8-5-2)65-50-56-68(57-51-65)82-62-45-42-39-36-33-30-27-24-21-18-15-12-9-6-3/h46-59H,4-45,60-62H2,1-3H3. The lowest BCUT2D eigenvalue weighted by Crippen LogP contribution is -2.34. The van der Waals surface area contributed by atoms with E-state index in [9.17, 15) is 20.2 Å². The Morgan fingerprint density at radius 1 is 0.345 bits per heavy atom. The van der Waals surface area contributed by atoms with Crippen molar-refractivity contribution in [3.63, 3.8) is 0 Å². The van der Waals surface area contributed by atoms with Gasteiger partial charge in [-0.05, 0) is 78.4 Å². The van der Waals surface area contributed by atoms with E-state index in [2.05, 4.69) is 31.3 Å². The minimum Gasteiger partial charge on any atom is -0.494 e. The lowest BCUT2D eigenvalue weighted by Gasteiger charge is -2.34. The topological polar surface area (TPSA) is 123 Å². The second kappa shape index (κ2) is 46.5. The molecule has 0 heterocycles. The summed E-state index contributed by atoms with van der Waals surface area (Å²) in [6, 6.07) is 24.4. The Balaban J connectivity index is 1.44. The number of benzene rings is 4. The van der Waals surface area contributed by atoms with E-state index in [1.165, 1.54) is 243 Å². The molecule has 10 nitrogen and oxygen atoms in total. The zero-order valence-corrected chi connectivity index (χ0v) is 54.1. The lowest BCUT2D eigenvalue weighted by molar-refractivity contribution is -0.396. The number of nitro benzene ring substituents is 2. The molecule has 84 heavy (non-hydrogen) atoms. The van der Waals surface area contributed by atoms with Gasteiger partial charge in [0.2, 0.25) is 10.5 Å². The summed E-state index contributed by atoms with van der Waals surface area (Å²) in [5, 5.41) is 26.8. The quantitative estimate of drug-likeness (QED) is 0.0141. The minimum atomic E-state index is -1.88. The summed E-state index contributed by atoms with van der Waals surface area (Å²) in [7, 11) is 3.39. The highest BCUT2D eigenvalue weighted by atomic mass is 28.2. The average molecular weight is 1170 g/mol. The van der Waals surface area contributed by atoms with Crippen LogP contribution in [0.25, 0.3) is 11.1 Å². The average Bonchev–Trinajstić information content (AvgIpc) is 1.00. The lowest BCUT2D eigenvalue weighted by atomic mass is 9.77. The SMILES string of the molecule is CCCCCCCCCCCCCCCCOc1ccc(-c2ccc([N+](=O)[O-])c(C(O[Si])(c3ccc(OCCCCCCCCCCCCCCCC)cc3)c3ccc(OCCCCCCCCCCCCCCCC)cc3)c2[N+](=O)[O-])cc1. The summed E-state index contributed by atoms with van der Waals surface area (Å²) in [6.45, 7) is 8.50. The van der Waals surface area contributed by atoms with Crippen molar-refractivity contribution in [2.75, 3.05) is 19.8 Å². The van der Waals surface area contributed by atoms with Gasteiger partial charge in [-0.1, -0.05) is 308 Å². The molecule has 0 aliphatic rings. The van der Waals surface area contributed by atoms with E-state index in [1.54, 1.807) is 36.4 Å². The van der Waals surface area contributed by atoms with E-state index in [0.29, 0.717) is 53.8 Å². The summed E-state index contributed by atoms with van der Waals surface area (Å²) in [5.74, 6) is 1.93. The van der Waals surface area contributed by atoms with E-state index in [-0.39, 0.29) is 11.1 Å². The monoisotopic (exact) mass is 1170 g/mol. The van der Waals surface area contributed by atoms with E-state index in [0.717, 1.165) is 38.5 Å². The normalized spacial score (nSPS) is 11.6. The molecule has 4 aromatic rings. The Labute approximate surface area is 514 Å². The summed E-state index contributed by atoms with van der Waals surface area (Å²) in [5.41, 5.74) is -1.37. The third-order valence-electron chi connectivity index (χ3n) is 17.0. The van der Waals surface area contributed by atoms with Crippen molar-refractivity contribution in [3.8, 4) is 28.4 Å². The van der Waals surface area contributed by atoms with Gasteiger partial charge in [-0.2, -0.15) is 0 Å². The van der Waals surface area contributed by atoms with Gasteiger partial charge >= 0.3 is 0 Å². The van der Waals surface area contributed by atoms with Gasteiger partial charge in [-0.25, -0.2) is 0 Å². The Morgan fingerprint density at radius 2 is 0.607 bits per heavy atom. The molecule has 4 aromatic carbocycles. The van der Waals surface area contributed by atoms with Gasteiger partial charge in [0, 0.05) is 6.07 Å². The molecule has 0 saturated carbocycles. The van der Waals surface area contributed by atoms with Gasteiger partial charge < -0.3 is 18.6 Å². The molecule has 11 heteroatoms. The fourth-order valence-electron chi connectivity index (χ4n) is 11.9. The number of nitrogens with zero attached hydrogens (tertiary/aromatic N) is 2. The second-order valence-electron chi connectivity index (χ2n) is 24.1. The first-order valence-corrected chi connectivity index (χ1v) is 34.7. The smallest absolute Gasteiger partial charge is 0.290 e. The Morgan fingerprint density at radius 3 is 0.857 bits per heavy atom. The molecule has 0 amide bonds. The molecular weight excluding hydrogens is 1060 g/mol. The van der Waals surface area contributed by atoms with Gasteiger partial charge in [0.1, 0.15) is 28.4 Å². The zero-order valence-electron chi connectivity index (χ0n) is 53.1. The number of rotatable bonds is 55. The Hall–Kier alpha value is -4.74. The van der Waals surface area contributed by atoms with Gasteiger partial charge in [0.05, 0.1) is 35.2 Å². The molecule has 0 bridgehead atoms. The zero-order chi connectivity index (χ0) is 60.0. The molecule has 3 radical (unpaired) electrons. The van der Waals surface area contributed by atoms with Gasteiger partial charge in [-0.3, -0.25) is 20.2 Å². The van der Waals surface area contributed by atoms with Crippen molar-refractivity contribution in [3.05, 3.63) is 122 Å². The predicted octanol–water partition coefficient (Wildman–Crippen LogP) is 23.1. The number of hydrogen-bond acceptors (Lipinski definition) is 8. The predicted molar refractivity (Wildman–Crippen MR) is 352 cm³/mol. The van der Waals surface area contributed by atoms with Crippen molar-refractivity contribution in [2.45, 2.75) is 296 Å². The molecule has 0 aromatic heterocycles. The molecule has 0 aliphatic heterocycles. The van der Waals surface area contributed by atoms with Gasteiger partial charge in [0.25, 0.3) is 11.4 Å². The maximum atomic E-state index is 13.6. The fraction of sp³-hybridized carbons (Fsp3) is 0.671. The highest BCUT2D eigenvalue weighted by Gasteiger charge is 2.48. The molecule has 0 unspecified atom stereocenters. The van der Waals surface area contributed by atoms with Crippen molar-refractivity contribution in [1.82, 2.24) is 0 Å². The molecular formula is C73H113N2O8Si. The van der Waals surface area contributed by atoms with Crippen LogP contribution in [0.4, 0.5) is 11.4 Å². The van der Waals surface area contributed by atoms with Gasteiger partial charge in [-0.15, -0.1) is 0 Å². The van der Waals surface area contributed by atoms with Crippen molar-refractivity contribution in [2.24, 2.45) is 0 Å². The first-order valence-electron chi connectivity index (χ1n) is 34.3. The maximum absolute atomic E-state index is 13.6. The van der Waals surface area contributed by atoms with E-state index < -0.39 is 26.8 Å². The summed E-state index contributed by atoms with van der Waals surface area (Å²) in [6.07, 6.45) is 53.8. The number of nitro groups is 2. The third-order valence-corrected chi connectivity index (χ3v) is 17.3. The molecule has 467 valence electrons. The van der Waals surface area contributed by atoms with Crippen molar-refractivity contribution >= 4 is 21.9 Å². The van der Waals surface area contributed by atoms with Crippen molar-refractivity contribution in [1.29, 1.82) is 0 Å². The molecule has 4 rings (SSSR count). The van der Waals surface area contributed by atoms with Crippen LogP contribution < -0.4 is 14.2 Å². The Kier molecular flexibility index (Phi) is 39.7. The molecule has 0 atom stereocenters. The highest BCUT2D eigenvalue weighted by molar-refractivity contribution is 5.99. The van der Waals surface area contributed by atoms with Crippen LogP contribution in [0.1, 0.15) is 307 Å². The van der Waals surface area contributed by atoms with Crippen LogP contribution in [0.2, 0.25) is 0 Å². The molecule has 0 fully saturated rings. The summed E-state index contributed by atoms with van der Waals surface area (Å²) < 4.78 is 25.0. The van der Waals surface area contributed by atoms with Gasteiger partial charge in [0.15, 0.2) is 0 Å². The van der Waals surface area contributed by atoms with Crippen LogP contribution in [0.5, 0.6) is 17.2 Å². The molecule has 0 spiro atoms. The largest absolute Gasteiger partial charge is 0.494 e. The van der Waals surface area contributed by atoms with E-state index in [1.807, 2.05) is 36.4 Å². The number of unbranched alkanes of at least 4 members (excludes halogenated alkanes) is 39. The van der Waals surface area contributed by atoms with Crippen LogP contribution >= 0.6 is 0 Å². The van der Waals surface area contributed by atoms with Crippen LogP contribution in [-0.4, -0.2) is 40.2 Å². The summed E-state index contributed by atoms with van der Waals surface area (Å²) >= 11 is 0. The van der Waals surface area contributed by atoms with E-state index in [4.69, 9.17) is 18.6 Å². The third kappa shape index (κ3) is 28.2. The highest BCUT2D eigenvalue weighted by Crippen LogP contribution is 2.51. The Bertz CT molecular complexity index is 2190. The number of ether oxygens (including phenoxy) is 3. The second-order valence-corrected chi connectivity index (χ2v) is 24.3. The molecule has 0 aliphatic carbocycles. The van der Waals surface area contributed by atoms with Crippen LogP contribution in [0, 0.1) is 20.2 Å². The van der Waals surface area contributed by atoms with Crippen molar-refractivity contribution < 1.29 is 28.5 Å². The van der Waals surface area contributed by atoms with Crippen LogP contribution in [0.15, 0.2) is 84.9 Å². The van der Waals surface area contributed by atoms with Crippen LogP contribution in [-0.2, 0) is 10.0 Å². The fourth-order valence-corrected chi connectivity index (χ4v) is 12.2. The molecule has 0 saturated heterocycles. The minimum absolute atomic E-state index is 0.213. The van der Waals surface area contributed by atoms with E-state index >= 15 is 0 Å². The molecule has 0 N–H and O–H groups in total. The maximum Gasteiger partial charge on any atom is 0.290 e.